The van der Waals surface area contributed by atoms with Crippen LogP contribution in [0.15, 0.2) is 49.2 Å². The molecule has 0 aliphatic rings. The maximum Gasteiger partial charge on any atom is 0.140 e. The summed E-state index contributed by atoms with van der Waals surface area (Å²) in [6, 6.07) is 6.46. The molecule has 0 radical (unpaired) electrons. The lowest BCUT2D eigenvalue weighted by atomic mass is 9.88. The number of rotatable bonds is 5. The zero-order chi connectivity index (χ0) is 20.8. The topological polar surface area (TPSA) is 60.6 Å². The van der Waals surface area contributed by atoms with E-state index in [1.165, 1.54) is 16.7 Å². The van der Waals surface area contributed by atoms with Crippen LogP contribution in [0.3, 0.4) is 0 Å². The van der Waals surface area contributed by atoms with Gasteiger partial charge in [-0.1, -0.05) is 46.8 Å². The van der Waals surface area contributed by atoms with Crippen molar-refractivity contribution in [2.75, 3.05) is 0 Å². The quantitative estimate of drug-likeness (QED) is 0.520. The minimum atomic E-state index is -0.0683. The zero-order valence-corrected chi connectivity index (χ0v) is 18.1. The summed E-state index contributed by atoms with van der Waals surface area (Å²) in [5, 5.41) is 0. The molecular weight excluding hydrogens is 358 g/mol. The number of hydrogen-bond donors (Lipinski definition) is 1. The van der Waals surface area contributed by atoms with Gasteiger partial charge >= 0.3 is 0 Å². The van der Waals surface area contributed by atoms with Crippen molar-refractivity contribution in [1.82, 2.24) is 18.8 Å². The van der Waals surface area contributed by atoms with Crippen LogP contribution in [0.2, 0.25) is 0 Å². The van der Waals surface area contributed by atoms with Crippen LogP contribution in [0.1, 0.15) is 75.4 Å². The lowest BCUT2D eigenvalue weighted by molar-refractivity contribution is 0.589. The van der Waals surface area contributed by atoms with Crippen molar-refractivity contribution in [2.24, 2.45) is 5.73 Å². The highest BCUT2D eigenvalue weighted by atomic mass is 15.0. The molecule has 4 aromatic rings. The molecule has 0 spiro atoms. The van der Waals surface area contributed by atoms with Gasteiger partial charge in [0.1, 0.15) is 11.3 Å². The van der Waals surface area contributed by atoms with Crippen LogP contribution in [0.4, 0.5) is 0 Å². The van der Waals surface area contributed by atoms with Gasteiger partial charge in [-0.3, -0.25) is 0 Å². The Morgan fingerprint density at radius 1 is 1.10 bits per heavy atom. The molecule has 0 aliphatic heterocycles. The smallest absolute Gasteiger partial charge is 0.140 e. The summed E-state index contributed by atoms with van der Waals surface area (Å²) in [6.45, 7) is 11.1. The summed E-state index contributed by atoms with van der Waals surface area (Å²) >= 11 is 0. The van der Waals surface area contributed by atoms with E-state index in [4.69, 9.17) is 10.7 Å². The van der Waals surface area contributed by atoms with Crippen molar-refractivity contribution in [3.8, 4) is 0 Å². The molecule has 0 aliphatic carbocycles. The molecule has 2 N–H and O–H groups in total. The second-order valence-corrected chi connectivity index (χ2v) is 9.31. The molecule has 5 heteroatoms. The van der Waals surface area contributed by atoms with Crippen LogP contribution in [0, 0.1) is 0 Å². The number of aromatic nitrogens is 4. The highest BCUT2D eigenvalue weighted by Gasteiger charge is 2.21. The van der Waals surface area contributed by atoms with E-state index in [0.717, 1.165) is 29.8 Å². The molecule has 4 rings (SSSR count). The molecular formula is C24H31N5. The number of nitrogens with two attached hydrogens (primary N) is 1. The summed E-state index contributed by atoms with van der Waals surface area (Å²) in [4.78, 5) is 9.21. The van der Waals surface area contributed by atoms with Crippen molar-refractivity contribution in [3.05, 3.63) is 71.6 Å². The number of aryl methyl sites for hydroxylation is 1. The number of nitrogens with zero attached hydrogens (tertiary/aromatic N) is 4. The van der Waals surface area contributed by atoms with E-state index in [-0.39, 0.29) is 11.5 Å². The van der Waals surface area contributed by atoms with Gasteiger partial charge in [0.25, 0.3) is 0 Å². The fourth-order valence-corrected chi connectivity index (χ4v) is 4.04. The van der Waals surface area contributed by atoms with Gasteiger partial charge in [0, 0.05) is 36.4 Å². The molecule has 4 heterocycles. The molecule has 1 unspecified atom stereocenters. The molecule has 152 valence electrons. The van der Waals surface area contributed by atoms with Crippen molar-refractivity contribution >= 4 is 11.3 Å². The van der Waals surface area contributed by atoms with E-state index < -0.39 is 0 Å². The summed E-state index contributed by atoms with van der Waals surface area (Å²) in [7, 11) is 0. The van der Waals surface area contributed by atoms with E-state index in [2.05, 4.69) is 79.0 Å². The van der Waals surface area contributed by atoms with E-state index in [1.807, 2.05) is 18.6 Å². The zero-order valence-electron chi connectivity index (χ0n) is 18.1. The first kappa shape index (κ1) is 19.6. The minimum absolute atomic E-state index is 0.0443. The molecule has 0 saturated carbocycles. The fraction of sp³-hybridized carbons (Fsp3) is 0.417. The molecule has 0 aromatic carbocycles. The largest absolute Gasteiger partial charge is 0.323 e. The normalized spacial score (nSPS) is 13.6. The summed E-state index contributed by atoms with van der Waals surface area (Å²) in [5.74, 6) is 0.433. The Morgan fingerprint density at radius 2 is 1.90 bits per heavy atom. The average molecular weight is 390 g/mol. The van der Waals surface area contributed by atoms with E-state index in [9.17, 15) is 0 Å². The Labute approximate surface area is 172 Å². The van der Waals surface area contributed by atoms with Gasteiger partial charge in [-0.2, -0.15) is 0 Å². The number of fused-ring (bicyclic) bond motifs is 2. The third kappa shape index (κ3) is 3.67. The van der Waals surface area contributed by atoms with Gasteiger partial charge in [0.05, 0.1) is 11.9 Å². The summed E-state index contributed by atoms with van der Waals surface area (Å²) in [5.41, 5.74) is 13.6. The third-order valence-corrected chi connectivity index (χ3v) is 5.69. The first-order valence-corrected chi connectivity index (χ1v) is 10.4. The number of hydrogen-bond acceptors (Lipinski definition) is 3. The molecule has 0 saturated heterocycles. The first-order valence-electron chi connectivity index (χ1n) is 10.4. The second-order valence-electron chi connectivity index (χ2n) is 9.31. The van der Waals surface area contributed by atoms with Crippen molar-refractivity contribution in [3.63, 3.8) is 0 Å². The molecule has 29 heavy (non-hydrogen) atoms. The lowest BCUT2D eigenvalue weighted by Crippen LogP contribution is -2.16. The molecule has 5 nitrogen and oxygen atoms in total. The molecule has 4 aromatic heterocycles. The van der Waals surface area contributed by atoms with E-state index in [0.29, 0.717) is 5.92 Å². The number of imidazole rings is 2. The molecule has 0 fully saturated rings. The van der Waals surface area contributed by atoms with Gasteiger partial charge in [-0.15, -0.1) is 0 Å². The molecule has 1 atom stereocenters. The van der Waals surface area contributed by atoms with Gasteiger partial charge < -0.3 is 14.5 Å². The fourth-order valence-electron chi connectivity index (χ4n) is 4.04. The molecule has 0 bridgehead atoms. The highest BCUT2D eigenvalue weighted by Crippen LogP contribution is 2.28. The van der Waals surface area contributed by atoms with Crippen LogP contribution in [0.5, 0.6) is 0 Å². The van der Waals surface area contributed by atoms with Crippen LogP contribution >= 0.6 is 0 Å². The average Bonchev–Trinajstić information content (AvgIpc) is 3.30. The summed E-state index contributed by atoms with van der Waals surface area (Å²) in [6.07, 6.45) is 11.8. The monoisotopic (exact) mass is 389 g/mol. The SMILES string of the molecule is CC(C)c1cc(CCC(N)c2cnc3c(C(C)(C)C)cccn23)cn2ccnc12. The van der Waals surface area contributed by atoms with E-state index >= 15 is 0 Å². The Bertz CT molecular complexity index is 1140. The maximum atomic E-state index is 6.62. The Morgan fingerprint density at radius 3 is 2.62 bits per heavy atom. The molecule has 0 amide bonds. The van der Waals surface area contributed by atoms with Crippen LogP contribution in [0.25, 0.3) is 11.3 Å². The van der Waals surface area contributed by atoms with Gasteiger partial charge in [-0.25, -0.2) is 9.97 Å². The van der Waals surface area contributed by atoms with Crippen LogP contribution in [-0.4, -0.2) is 18.8 Å². The predicted octanol–water partition coefficient (Wildman–Crippen LogP) is 5.04. The van der Waals surface area contributed by atoms with Crippen molar-refractivity contribution in [2.45, 2.75) is 64.8 Å². The standard InChI is InChI=1S/C24H31N5/c1-16(2)18-13-17(15-28-12-10-26-22(18)28)8-9-20(25)21-14-27-23-19(24(3,4)5)7-6-11-29(21)23/h6-7,10-16,20H,8-9,25H2,1-5H3. The Balaban J connectivity index is 1.59. The number of pyridine rings is 2. The van der Waals surface area contributed by atoms with Crippen molar-refractivity contribution in [1.29, 1.82) is 0 Å². The third-order valence-electron chi connectivity index (χ3n) is 5.69. The Kier molecular flexibility index (Phi) is 4.95. The summed E-state index contributed by atoms with van der Waals surface area (Å²) < 4.78 is 4.28. The lowest BCUT2D eigenvalue weighted by Gasteiger charge is -2.20. The first-order chi connectivity index (χ1) is 13.8. The maximum absolute atomic E-state index is 6.62. The van der Waals surface area contributed by atoms with Crippen LogP contribution in [-0.2, 0) is 11.8 Å². The van der Waals surface area contributed by atoms with Gasteiger partial charge in [-0.05, 0) is 41.4 Å². The predicted molar refractivity (Wildman–Crippen MR) is 118 cm³/mol. The van der Waals surface area contributed by atoms with Crippen LogP contribution < -0.4 is 5.73 Å². The minimum Gasteiger partial charge on any atom is -0.323 e. The van der Waals surface area contributed by atoms with Gasteiger partial charge in [0.2, 0.25) is 0 Å². The highest BCUT2D eigenvalue weighted by molar-refractivity contribution is 5.53. The van der Waals surface area contributed by atoms with Crippen molar-refractivity contribution < 1.29 is 0 Å². The Hall–Kier alpha value is -2.66. The van der Waals surface area contributed by atoms with E-state index in [1.54, 1.807) is 0 Å². The van der Waals surface area contributed by atoms with Gasteiger partial charge in [0.15, 0.2) is 0 Å². The second kappa shape index (κ2) is 7.30.